The maximum Gasteiger partial charge on any atom is 0.210 e. The first-order chi connectivity index (χ1) is 16.7. The fraction of sp³-hybridized carbons (Fsp3) is 0.438. The van der Waals surface area contributed by atoms with Gasteiger partial charge >= 0.3 is 0 Å². The van der Waals surface area contributed by atoms with E-state index in [-0.39, 0.29) is 0 Å². The second-order valence-corrected chi connectivity index (χ2v) is 9.23. The van der Waals surface area contributed by atoms with Crippen LogP contribution in [0.25, 0.3) is 16.9 Å². The van der Waals surface area contributed by atoms with Crippen LogP contribution in [0, 0.1) is 11.8 Å². The number of hydrogen-bond acceptors (Lipinski definition) is 0. The van der Waals surface area contributed by atoms with Crippen LogP contribution in [0.2, 0.25) is 0 Å². The summed E-state index contributed by atoms with van der Waals surface area (Å²) in [6.45, 7) is 6.62. The summed E-state index contributed by atoms with van der Waals surface area (Å²) in [5, 5.41) is 0. The average molecular weight is 453 g/mol. The predicted octanol–water partition coefficient (Wildman–Crippen LogP) is 9.15. The fourth-order valence-corrected chi connectivity index (χ4v) is 4.50. The summed E-state index contributed by atoms with van der Waals surface area (Å²) in [5.41, 5.74) is 19.3. The summed E-state index contributed by atoms with van der Waals surface area (Å²) in [6.07, 6.45) is 14.0. The van der Waals surface area contributed by atoms with Gasteiger partial charge in [-0.2, -0.15) is 0 Å². The molecule has 0 saturated heterocycles. The molecule has 0 atom stereocenters. The number of hydrogen-bond donors (Lipinski definition) is 0. The van der Waals surface area contributed by atoms with Crippen molar-refractivity contribution in [2.45, 2.75) is 91.4 Å². The van der Waals surface area contributed by atoms with E-state index >= 15 is 0 Å². The molecule has 0 aliphatic carbocycles. The van der Waals surface area contributed by atoms with Crippen molar-refractivity contribution >= 4 is 11.4 Å². The Labute approximate surface area is 207 Å². The van der Waals surface area contributed by atoms with Crippen LogP contribution in [0.1, 0.15) is 101 Å². The molecule has 2 nitrogen and oxygen atoms in total. The molecule has 34 heavy (non-hydrogen) atoms. The van der Waals surface area contributed by atoms with Gasteiger partial charge in [-0.05, 0) is 67.9 Å². The summed E-state index contributed by atoms with van der Waals surface area (Å²) < 4.78 is 1.43. The molecule has 2 aromatic carbocycles. The molecule has 0 N–H and O–H groups in total. The molecular weight excluding hydrogens is 412 g/mol. The Kier molecular flexibility index (Phi) is 10.4. The molecular formula is C32H40N2. The lowest BCUT2D eigenvalue weighted by atomic mass is 9.99. The molecule has 0 radical (unpaired) electrons. The van der Waals surface area contributed by atoms with Crippen LogP contribution in [0.4, 0.5) is 0 Å². The normalized spacial score (nSPS) is 13.1. The summed E-state index contributed by atoms with van der Waals surface area (Å²) in [7, 11) is 0. The maximum absolute atomic E-state index is 11.4. The van der Waals surface area contributed by atoms with Crippen LogP contribution in [0.3, 0.4) is 0 Å². The molecule has 0 spiro atoms. The number of unbranched alkanes of at least 4 members (excludes halogenated alkanes) is 4. The minimum atomic E-state index is 0.846. The van der Waals surface area contributed by atoms with Crippen molar-refractivity contribution < 1.29 is 4.70 Å². The van der Waals surface area contributed by atoms with Gasteiger partial charge in [0, 0.05) is 35.6 Å². The molecule has 2 heteroatoms. The van der Waals surface area contributed by atoms with Crippen LogP contribution in [-0.2, 0) is 12.8 Å². The van der Waals surface area contributed by atoms with E-state index in [1.54, 1.807) is 0 Å². The highest BCUT2D eigenvalue weighted by Gasteiger charge is 2.29. The van der Waals surface area contributed by atoms with Gasteiger partial charge in [0.05, 0.1) is 0 Å². The summed E-state index contributed by atoms with van der Waals surface area (Å²) >= 11 is 0. The molecule has 178 valence electrons. The molecule has 1 aliphatic heterocycles. The second-order valence-electron chi connectivity index (χ2n) is 9.23. The van der Waals surface area contributed by atoms with Crippen molar-refractivity contribution in [3.63, 3.8) is 0 Å². The fourth-order valence-electron chi connectivity index (χ4n) is 4.50. The lowest BCUT2D eigenvalue weighted by Crippen LogP contribution is -2.04. The van der Waals surface area contributed by atoms with E-state index in [0.717, 1.165) is 67.5 Å². The van der Waals surface area contributed by atoms with E-state index in [1.165, 1.54) is 47.1 Å². The number of allylic oxidation sites excluding steroid dienone is 2. The standard InChI is InChI=1S/C32H40N2/c1-4-7-10-11-13-17-27-18-14-15-20-30(27)31-25-29(19-12-8-5-2)32(34(31)33)28-23-21-26(22-24-28)16-9-6-3/h14-15,18,20-25H,4-9,12-13,16-17,19H2,1-3H3. The highest BCUT2D eigenvalue weighted by molar-refractivity contribution is 5.79. The quantitative estimate of drug-likeness (QED) is 0.174. The zero-order valence-electron chi connectivity index (χ0n) is 21.4. The Morgan fingerprint density at radius 3 is 2.21 bits per heavy atom. The molecule has 0 fully saturated rings. The molecule has 0 aromatic heterocycles. The van der Waals surface area contributed by atoms with Gasteiger partial charge < -0.3 is 5.53 Å². The molecule has 3 rings (SSSR count). The highest BCUT2D eigenvalue weighted by atomic mass is 15.2. The monoisotopic (exact) mass is 452 g/mol. The molecule has 2 aromatic rings. The van der Waals surface area contributed by atoms with Crippen LogP contribution < -0.4 is 0 Å². The topological polar surface area (TPSA) is 25.3 Å². The van der Waals surface area contributed by atoms with Gasteiger partial charge in [0.1, 0.15) is 0 Å². The van der Waals surface area contributed by atoms with E-state index < -0.39 is 0 Å². The number of nitrogens with zero attached hydrogens (tertiary/aromatic N) is 2. The van der Waals surface area contributed by atoms with Crippen LogP contribution in [0.5, 0.6) is 0 Å². The zero-order valence-corrected chi connectivity index (χ0v) is 21.4. The largest absolute Gasteiger partial charge is 0.493 e. The van der Waals surface area contributed by atoms with Crippen molar-refractivity contribution in [1.82, 2.24) is 0 Å². The van der Waals surface area contributed by atoms with Crippen molar-refractivity contribution in [2.24, 2.45) is 0 Å². The second kappa shape index (κ2) is 13.7. The molecule has 1 heterocycles. The van der Waals surface area contributed by atoms with Crippen LogP contribution in [0.15, 0.2) is 60.2 Å². The van der Waals surface area contributed by atoms with Gasteiger partial charge in [0.15, 0.2) is 0 Å². The van der Waals surface area contributed by atoms with Gasteiger partial charge in [-0.15, -0.1) is 11.8 Å². The van der Waals surface area contributed by atoms with E-state index in [2.05, 4.69) is 87.2 Å². The molecule has 0 amide bonds. The van der Waals surface area contributed by atoms with Gasteiger partial charge in [0.25, 0.3) is 0 Å². The first kappa shape index (κ1) is 25.7. The van der Waals surface area contributed by atoms with Gasteiger partial charge in [-0.1, -0.05) is 70.4 Å². The summed E-state index contributed by atoms with van der Waals surface area (Å²) in [5.74, 6) is 6.56. The maximum atomic E-state index is 11.4. The smallest absolute Gasteiger partial charge is 0.210 e. The molecule has 1 aliphatic rings. The van der Waals surface area contributed by atoms with Crippen molar-refractivity contribution in [3.8, 4) is 11.8 Å². The van der Waals surface area contributed by atoms with Crippen LogP contribution in [-0.4, -0.2) is 4.70 Å². The Balaban J connectivity index is 1.88. The van der Waals surface area contributed by atoms with Crippen LogP contribution >= 0.6 is 0 Å². The van der Waals surface area contributed by atoms with E-state index in [1.807, 2.05) is 0 Å². The summed E-state index contributed by atoms with van der Waals surface area (Å²) in [6, 6.07) is 17.2. The number of aryl methyl sites for hydroxylation is 2. The molecule has 0 bridgehead atoms. The SMILES string of the molecule is CCCC#CCCc1ccccc1C1=CC(CCCCC)=C(c2ccc(CCCC)cc2)[N+]1=[N-]. The third-order valence-electron chi connectivity index (χ3n) is 6.46. The third-order valence-corrected chi connectivity index (χ3v) is 6.46. The lowest BCUT2D eigenvalue weighted by molar-refractivity contribution is -0.344. The summed E-state index contributed by atoms with van der Waals surface area (Å²) in [4.78, 5) is 0. The Morgan fingerprint density at radius 1 is 0.735 bits per heavy atom. The third kappa shape index (κ3) is 6.80. The van der Waals surface area contributed by atoms with Crippen molar-refractivity contribution in [3.05, 3.63) is 88.0 Å². The Morgan fingerprint density at radius 2 is 1.47 bits per heavy atom. The van der Waals surface area contributed by atoms with Crippen molar-refractivity contribution in [2.75, 3.05) is 0 Å². The minimum Gasteiger partial charge on any atom is -0.493 e. The van der Waals surface area contributed by atoms with E-state index in [0.29, 0.717) is 0 Å². The lowest BCUT2D eigenvalue weighted by Gasteiger charge is -2.12. The van der Waals surface area contributed by atoms with Crippen molar-refractivity contribution in [1.29, 1.82) is 0 Å². The highest BCUT2D eigenvalue weighted by Crippen LogP contribution is 2.38. The van der Waals surface area contributed by atoms with Gasteiger partial charge in [-0.25, -0.2) is 4.70 Å². The number of benzene rings is 2. The molecule has 0 unspecified atom stereocenters. The first-order valence-corrected chi connectivity index (χ1v) is 13.3. The van der Waals surface area contributed by atoms with Gasteiger partial charge in [0.2, 0.25) is 11.4 Å². The van der Waals surface area contributed by atoms with Gasteiger partial charge in [-0.3, -0.25) is 0 Å². The Bertz CT molecular complexity index is 1070. The number of rotatable bonds is 12. The van der Waals surface area contributed by atoms with E-state index in [9.17, 15) is 5.53 Å². The Hall–Kier alpha value is -2.92. The minimum absolute atomic E-state index is 0.846. The average Bonchev–Trinajstić information content (AvgIpc) is 3.19. The first-order valence-electron chi connectivity index (χ1n) is 13.3. The predicted molar refractivity (Wildman–Crippen MR) is 145 cm³/mol. The molecule has 0 saturated carbocycles. The zero-order chi connectivity index (χ0) is 24.2. The van der Waals surface area contributed by atoms with E-state index in [4.69, 9.17) is 0 Å².